The number of carboxylic acid groups (broad SMARTS) is 1. The van der Waals surface area contributed by atoms with Crippen LogP contribution in [0.15, 0.2) is 24.3 Å². The highest BCUT2D eigenvalue weighted by molar-refractivity contribution is 5.91. The van der Waals surface area contributed by atoms with Crippen molar-refractivity contribution in [2.24, 2.45) is 0 Å². The maximum absolute atomic E-state index is 11.0. The lowest BCUT2D eigenvalue weighted by molar-refractivity contribution is -0.131. The molecular formula is C16H22O4. The van der Waals surface area contributed by atoms with E-state index in [4.69, 9.17) is 14.6 Å². The van der Waals surface area contributed by atoms with E-state index < -0.39 is 5.97 Å². The van der Waals surface area contributed by atoms with Crippen LogP contribution in [0.25, 0.3) is 5.57 Å². The maximum atomic E-state index is 11.0. The van der Waals surface area contributed by atoms with Gasteiger partial charge in [-0.1, -0.05) is 19.8 Å². The number of unbranched alkanes of at least 4 members (excludes halogenated alkanes) is 2. The lowest BCUT2D eigenvalue weighted by atomic mass is 9.98. The first-order valence-electron chi connectivity index (χ1n) is 6.78. The minimum atomic E-state index is -0.936. The van der Waals surface area contributed by atoms with Crippen LogP contribution in [-0.4, -0.2) is 25.3 Å². The Bertz CT molecular complexity index is 477. The summed E-state index contributed by atoms with van der Waals surface area (Å²) < 4.78 is 10.5. The molecule has 4 heteroatoms. The number of benzene rings is 1. The zero-order chi connectivity index (χ0) is 15.0. The van der Waals surface area contributed by atoms with Gasteiger partial charge in [0.1, 0.15) is 11.5 Å². The molecule has 1 aromatic carbocycles. The molecule has 0 aromatic heterocycles. The second-order valence-electron chi connectivity index (χ2n) is 4.53. The van der Waals surface area contributed by atoms with Gasteiger partial charge in [-0.15, -0.1) is 0 Å². The quantitative estimate of drug-likeness (QED) is 0.581. The van der Waals surface area contributed by atoms with Gasteiger partial charge in [-0.3, -0.25) is 0 Å². The van der Waals surface area contributed by atoms with Gasteiger partial charge in [0.05, 0.1) is 14.2 Å². The number of methoxy groups -OCH3 is 2. The van der Waals surface area contributed by atoms with E-state index in [9.17, 15) is 4.79 Å². The Balaban J connectivity index is 3.09. The average Bonchev–Trinajstić information content (AvgIpc) is 2.45. The van der Waals surface area contributed by atoms with E-state index in [0.29, 0.717) is 11.5 Å². The molecule has 20 heavy (non-hydrogen) atoms. The number of carbonyl (C=O) groups is 1. The Kier molecular flexibility index (Phi) is 6.64. The summed E-state index contributed by atoms with van der Waals surface area (Å²) in [4.78, 5) is 11.0. The SMILES string of the molecule is CCCCC/C(=C/C(=O)O)c1ccc(OC)cc1OC. The Morgan fingerprint density at radius 1 is 1.25 bits per heavy atom. The first-order valence-corrected chi connectivity index (χ1v) is 6.78. The molecule has 0 spiro atoms. The molecule has 1 N–H and O–H groups in total. The number of allylic oxidation sites excluding steroid dienone is 1. The maximum Gasteiger partial charge on any atom is 0.328 e. The van der Waals surface area contributed by atoms with Crippen molar-refractivity contribution in [3.8, 4) is 11.5 Å². The Hall–Kier alpha value is -1.97. The standard InChI is InChI=1S/C16H22O4/c1-4-5-6-7-12(10-16(17)18)14-9-8-13(19-2)11-15(14)20-3/h8-11H,4-7H2,1-3H3,(H,17,18)/b12-10-. The average molecular weight is 278 g/mol. The van der Waals surface area contributed by atoms with Crippen molar-refractivity contribution in [1.82, 2.24) is 0 Å². The van der Waals surface area contributed by atoms with Crippen LogP contribution in [0, 0.1) is 0 Å². The van der Waals surface area contributed by atoms with E-state index in [-0.39, 0.29) is 0 Å². The fourth-order valence-electron chi connectivity index (χ4n) is 2.06. The molecule has 0 aliphatic rings. The molecule has 0 aliphatic heterocycles. The van der Waals surface area contributed by atoms with E-state index in [1.165, 1.54) is 6.08 Å². The number of ether oxygens (including phenoxy) is 2. The highest BCUT2D eigenvalue weighted by Crippen LogP contribution is 2.32. The Labute approximate surface area is 120 Å². The van der Waals surface area contributed by atoms with Crippen molar-refractivity contribution >= 4 is 11.5 Å². The highest BCUT2D eigenvalue weighted by atomic mass is 16.5. The first kappa shape index (κ1) is 16.1. The monoisotopic (exact) mass is 278 g/mol. The molecule has 0 bridgehead atoms. The molecule has 0 heterocycles. The molecule has 4 nitrogen and oxygen atoms in total. The summed E-state index contributed by atoms with van der Waals surface area (Å²) in [6.07, 6.45) is 5.13. The lowest BCUT2D eigenvalue weighted by Crippen LogP contribution is -1.97. The molecule has 0 atom stereocenters. The van der Waals surface area contributed by atoms with Gasteiger partial charge in [-0.25, -0.2) is 4.79 Å². The van der Waals surface area contributed by atoms with Crippen molar-refractivity contribution in [1.29, 1.82) is 0 Å². The molecule has 1 rings (SSSR count). The topological polar surface area (TPSA) is 55.8 Å². The van der Waals surface area contributed by atoms with Crippen molar-refractivity contribution in [2.75, 3.05) is 14.2 Å². The smallest absolute Gasteiger partial charge is 0.328 e. The van der Waals surface area contributed by atoms with Crippen molar-refractivity contribution < 1.29 is 19.4 Å². The van der Waals surface area contributed by atoms with Gasteiger partial charge in [0, 0.05) is 17.7 Å². The van der Waals surface area contributed by atoms with Crippen LogP contribution >= 0.6 is 0 Å². The Morgan fingerprint density at radius 3 is 2.55 bits per heavy atom. The van der Waals surface area contributed by atoms with Gasteiger partial charge in [-0.2, -0.15) is 0 Å². The van der Waals surface area contributed by atoms with Gasteiger partial charge in [0.15, 0.2) is 0 Å². The predicted octanol–water partition coefficient (Wildman–Crippen LogP) is 3.75. The fraction of sp³-hybridized carbons (Fsp3) is 0.438. The molecule has 0 amide bonds. The van der Waals surface area contributed by atoms with Crippen LogP contribution in [-0.2, 0) is 4.79 Å². The zero-order valence-electron chi connectivity index (χ0n) is 12.3. The molecule has 110 valence electrons. The largest absolute Gasteiger partial charge is 0.497 e. The second kappa shape index (κ2) is 8.25. The summed E-state index contributed by atoms with van der Waals surface area (Å²) in [7, 11) is 3.16. The molecule has 1 aromatic rings. The summed E-state index contributed by atoms with van der Waals surface area (Å²) in [5, 5.41) is 9.02. The molecule has 0 saturated carbocycles. The summed E-state index contributed by atoms with van der Waals surface area (Å²) in [5.74, 6) is 0.386. The molecular weight excluding hydrogens is 256 g/mol. The van der Waals surface area contributed by atoms with Crippen LogP contribution in [0.1, 0.15) is 38.2 Å². The molecule has 0 unspecified atom stereocenters. The van der Waals surface area contributed by atoms with Crippen molar-refractivity contribution in [3.05, 3.63) is 29.8 Å². The molecule has 0 aliphatic carbocycles. The number of carboxylic acids is 1. The Morgan fingerprint density at radius 2 is 2.00 bits per heavy atom. The molecule has 0 fully saturated rings. The summed E-state index contributed by atoms with van der Waals surface area (Å²) in [5.41, 5.74) is 1.59. The normalized spacial score (nSPS) is 11.2. The number of hydrogen-bond donors (Lipinski definition) is 1. The minimum absolute atomic E-state index is 0.633. The van der Waals surface area contributed by atoms with Gasteiger partial charge >= 0.3 is 5.97 Å². The van der Waals surface area contributed by atoms with Gasteiger partial charge < -0.3 is 14.6 Å². The molecule has 0 saturated heterocycles. The lowest BCUT2D eigenvalue weighted by Gasteiger charge is -2.13. The second-order valence-corrected chi connectivity index (χ2v) is 4.53. The van der Waals surface area contributed by atoms with E-state index in [2.05, 4.69) is 6.92 Å². The number of aliphatic carboxylic acids is 1. The number of hydrogen-bond acceptors (Lipinski definition) is 3. The summed E-state index contributed by atoms with van der Waals surface area (Å²) in [6.45, 7) is 2.12. The molecule has 0 radical (unpaired) electrons. The van der Waals surface area contributed by atoms with E-state index in [0.717, 1.165) is 36.8 Å². The van der Waals surface area contributed by atoms with Crippen molar-refractivity contribution in [2.45, 2.75) is 32.6 Å². The third-order valence-corrected chi connectivity index (χ3v) is 3.10. The van der Waals surface area contributed by atoms with Crippen molar-refractivity contribution in [3.63, 3.8) is 0 Å². The zero-order valence-corrected chi connectivity index (χ0v) is 12.3. The van der Waals surface area contributed by atoms with Gasteiger partial charge in [-0.05, 0) is 30.5 Å². The third kappa shape index (κ3) is 4.61. The summed E-state index contributed by atoms with van der Waals surface area (Å²) >= 11 is 0. The van der Waals surface area contributed by atoms with Crippen LogP contribution in [0.5, 0.6) is 11.5 Å². The van der Waals surface area contributed by atoms with E-state index >= 15 is 0 Å². The van der Waals surface area contributed by atoms with Crippen LogP contribution in [0.2, 0.25) is 0 Å². The van der Waals surface area contributed by atoms with E-state index in [1.54, 1.807) is 20.3 Å². The predicted molar refractivity (Wildman–Crippen MR) is 79.3 cm³/mol. The van der Waals surface area contributed by atoms with Gasteiger partial charge in [0.25, 0.3) is 0 Å². The number of rotatable bonds is 8. The highest BCUT2D eigenvalue weighted by Gasteiger charge is 2.11. The third-order valence-electron chi connectivity index (χ3n) is 3.10. The fourth-order valence-corrected chi connectivity index (χ4v) is 2.06. The van der Waals surface area contributed by atoms with Crippen LogP contribution < -0.4 is 9.47 Å². The first-order chi connectivity index (χ1) is 9.62. The van der Waals surface area contributed by atoms with E-state index in [1.807, 2.05) is 12.1 Å². The summed E-state index contributed by atoms with van der Waals surface area (Å²) in [6, 6.07) is 5.43. The van der Waals surface area contributed by atoms with Gasteiger partial charge in [0.2, 0.25) is 0 Å². The van der Waals surface area contributed by atoms with Crippen LogP contribution in [0.4, 0.5) is 0 Å². The minimum Gasteiger partial charge on any atom is -0.497 e. The van der Waals surface area contributed by atoms with Crippen LogP contribution in [0.3, 0.4) is 0 Å².